The van der Waals surface area contributed by atoms with E-state index in [0.717, 1.165) is 0 Å². The van der Waals surface area contributed by atoms with Gasteiger partial charge in [0, 0.05) is 31.5 Å². The van der Waals surface area contributed by atoms with Crippen molar-refractivity contribution in [3.63, 3.8) is 0 Å². The van der Waals surface area contributed by atoms with Gasteiger partial charge in [0.15, 0.2) is 0 Å². The molecule has 0 aliphatic heterocycles. The average molecular weight is 268 g/mol. The molecule has 2 unspecified atom stereocenters. The number of nitrogens with zero attached hydrogens (tertiary/aromatic N) is 2. The van der Waals surface area contributed by atoms with E-state index in [1.165, 1.54) is 0 Å². The van der Waals surface area contributed by atoms with Crippen LogP contribution >= 0.6 is 0 Å². The summed E-state index contributed by atoms with van der Waals surface area (Å²) in [6.45, 7) is 4.40. The minimum atomic E-state index is -0.894. The Morgan fingerprint density at radius 2 is 2.21 bits per heavy atom. The van der Waals surface area contributed by atoms with Crippen LogP contribution in [0.4, 0.5) is 4.79 Å². The van der Waals surface area contributed by atoms with Crippen LogP contribution in [0.25, 0.3) is 0 Å². The maximum absolute atomic E-state index is 11.6. The number of rotatable bonds is 7. The SMILES string of the molecule is CCC(CNC(=O)NC(C)Cn1ccnc1)C(=O)O. The summed E-state index contributed by atoms with van der Waals surface area (Å²) in [6.07, 6.45) is 5.65. The molecule has 0 fully saturated rings. The minimum Gasteiger partial charge on any atom is -0.481 e. The van der Waals surface area contributed by atoms with E-state index in [1.807, 2.05) is 17.7 Å². The molecule has 7 nitrogen and oxygen atoms in total. The average Bonchev–Trinajstić information content (AvgIpc) is 2.81. The molecule has 1 heterocycles. The van der Waals surface area contributed by atoms with Crippen LogP contribution in [0.3, 0.4) is 0 Å². The first kappa shape index (κ1) is 15.0. The molecular formula is C12H20N4O3. The number of carbonyl (C=O) groups is 2. The van der Waals surface area contributed by atoms with E-state index in [0.29, 0.717) is 13.0 Å². The molecule has 1 aromatic heterocycles. The molecule has 19 heavy (non-hydrogen) atoms. The van der Waals surface area contributed by atoms with Gasteiger partial charge in [-0.25, -0.2) is 9.78 Å². The zero-order chi connectivity index (χ0) is 14.3. The summed E-state index contributed by atoms with van der Waals surface area (Å²) in [5, 5.41) is 14.2. The van der Waals surface area contributed by atoms with Gasteiger partial charge in [-0.2, -0.15) is 0 Å². The van der Waals surface area contributed by atoms with Crippen LogP contribution in [0.2, 0.25) is 0 Å². The van der Waals surface area contributed by atoms with Crippen molar-refractivity contribution >= 4 is 12.0 Å². The first-order chi connectivity index (χ1) is 9.02. The van der Waals surface area contributed by atoms with Crippen LogP contribution in [-0.2, 0) is 11.3 Å². The van der Waals surface area contributed by atoms with Crippen molar-refractivity contribution in [3.8, 4) is 0 Å². The van der Waals surface area contributed by atoms with Gasteiger partial charge >= 0.3 is 12.0 Å². The fourth-order valence-electron chi connectivity index (χ4n) is 1.65. The smallest absolute Gasteiger partial charge is 0.315 e. The lowest BCUT2D eigenvalue weighted by Crippen LogP contribution is -2.44. The maximum atomic E-state index is 11.6. The lowest BCUT2D eigenvalue weighted by atomic mass is 10.1. The molecule has 0 aliphatic carbocycles. The molecule has 0 aliphatic rings. The highest BCUT2D eigenvalue weighted by molar-refractivity contribution is 5.76. The van der Waals surface area contributed by atoms with Crippen LogP contribution in [0.1, 0.15) is 20.3 Å². The Bertz CT molecular complexity index is 405. The van der Waals surface area contributed by atoms with E-state index in [2.05, 4.69) is 15.6 Å². The number of aliphatic carboxylic acids is 1. The van der Waals surface area contributed by atoms with Crippen molar-refractivity contribution in [2.24, 2.45) is 5.92 Å². The van der Waals surface area contributed by atoms with Crippen molar-refractivity contribution < 1.29 is 14.7 Å². The van der Waals surface area contributed by atoms with Gasteiger partial charge in [-0.3, -0.25) is 4.79 Å². The number of carboxylic acids is 1. The van der Waals surface area contributed by atoms with Crippen LogP contribution < -0.4 is 10.6 Å². The van der Waals surface area contributed by atoms with Gasteiger partial charge in [0.2, 0.25) is 0 Å². The van der Waals surface area contributed by atoms with Crippen molar-refractivity contribution in [2.75, 3.05) is 6.54 Å². The number of imidazole rings is 1. The molecule has 1 aromatic rings. The molecule has 2 atom stereocenters. The van der Waals surface area contributed by atoms with Gasteiger partial charge < -0.3 is 20.3 Å². The van der Waals surface area contributed by atoms with E-state index < -0.39 is 11.9 Å². The van der Waals surface area contributed by atoms with Gasteiger partial charge in [0.1, 0.15) is 0 Å². The zero-order valence-electron chi connectivity index (χ0n) is 11.2. The molecule has 7 heteroatoms. The van der Waals surface area contributed by atoms with Crippen molar-refractivity contribution in [2.45, 2.75) is 32.9 Å². The van der Waals surface area contributed by atoms with E-state index in [4.69, 9.17) is 5.11 Å². The topological polar surface area (TPSA) is 96.3 Å². The third-order valence-corrected chi connectivity index (χ3v) is 2.77. The Labute approximate surface area is 112 Å². The lowest BCUT2D eigenvalue weighted by molar-refractivity contribution is -0.141. The van der Waals surface area contributed by atoms with Crippen LogP contribution in [-0.4, -0.2) is 39.2 Å². The number of carboxylic acid groups (broad SMARTS) is 1. The van der Waals surface area contributed by atoms with Gasteiger partial charge in [-0.05, 0) is 13.3 Å². The predicted molar refractivity (Wildman–Crippen MR) is 69.6 cm³/mol. The summed E-state index contributed by atoms with van der Waals surface area (Å²) in [5.74, 6) is -1.44. The van der Waals surface area contributed by atoms with Gasteiger partial charge in [0.25, 0.3) is 0 Å². The summed E-state index contributed by atoms with van der Waals surface area (Å²) in [6, 6.07) is -0.425. The highest BCUT2D eigenvalue weighted by Gasteiger charge is 2.16. The van der Waals surface area contributed by atoms with Crippen LogP contribution in [0.15, 0.2) is 18.7 Å². The Kier molecular flexibility index (Phi) is 5.84. The first-order valence-corrected chi connectivity index (χ1v) is 6.25. The minimum absolute atomic E-state index is 0.0703. The monoisotopic (exact) mass is 268 g/mol. The number of hydrogen-bond acceptors (Lipinski definition) is 3. The Balaban J connectivity index is 2.28. The third-order valence-electron chi connectivity index (χ3n) is 2.77. The summed E-state index contributed by atoms with van der Waals surface area (Å²) in [5.41, 5.74) is 0. The lowest BCUT2D eigenvalue weighted by Gasteiger charge is -2.16. The number of carbonyl (C=O) groups excluding carboxylic acids is 1. The fraction of sp³-hybridized carbons (Fsp3) is 0.583. The predicted octanol–water partition coefficient (Wildman–Crippen LogP) is 0.682. The van der Waals surface area contributed by atoms with E-state index in [9.17, 15) is 9.59 Å². The standard InChI is InChI=1S/C12H20N4O3/c1-3-10(11(17)18)6-14-12(19)15-9(2)7-16-5-4-13-8-16/h4-5,8-10H,3,6-7H2,1-2H3,(H,17,18)(H2,14,15,19). The van der Waals surface area contributed by atoms with Crippen LogP contribution in [0, 0.1) is 5.92 Å². The molecule has 2 amide bonds. The third kappa shape index (κ3) is 5.41. The number of aromatic nitrogens is 2. The second-order valence-electron chi connectivity index (χ2n) is 4.46. The van der Waals surface area contributed by atoms with Gasteiger partial charge in [-0.1, -0.05) is 6.92 Å². The Morgan fingerprint density at radius 1 is 1.47 bits per heavy atom. The quantitative estimate of drug-likeness (QED) is 0.677. The number of nitrogens with one attached hydrogen (secondary N) is 2. The van der Waals surface area contributed by atoms with E-state index >= 15 is 0 Å². The maximum Gasteiger partial charge on any atom is 0.315 e. The Hall–Kier alpha value is -2.05. The molecule has 0 saturated carbocycles. The second kappa shape index (κ2) is 7.40. The number of hydrogen-bond donors (Lipinski definition) is 3. The van der Waals surface area contributed by atoms with Crippen molar-refractivity contribution in [3.05, 3.63) is 18.7 Å². The summed E-state index contributed by atoms with van der Waals surface area (Å²) >= 11 is 0. The number of urea groups is 1. The van der Waals surface area contributed by atoms with E-state index in [-0.39, 0.29) is 18.6 Å². The molecule has 0 saturated heterocycles. The van der Waals surface area contributed by atoms with Crippen molar-refractivity contribution in [1.82, 2.24) is 20.2 Å². The Morgan fingerprint density at radius 3 is 2.74 bits per heavy atom. The normalized spacial score (nSPS) is 13.6. The molecule has 0 radical (unpaired) electrons. The summed E-state index contributed by atoms with van der Waals surface area (Å²) in [7, 11) is 0. The summed E-state index contributed by atoms with van der Waals surface area (Å²) < 4.78 is 1.86. The fourth-order valence-corrected chi connectivity index (χ4v) is 1.65. The highest BCUT2D eigenvalue weighted by Crippen LogP contribution is 2.00. The molecular weight excluding hydrogens is 248 g/mol. The zero-order valence-corrected chi connectivity index (χ0v) is 11.2. The second-order valence-corrected chi connectivity index (χ2v) is 4.46. The molecule has 1 rings (SSSR count). The molecule has 106 valence electrons. The van der Waals surface area contributed by atoms with E-state index in [1.54, 1.807) is 19.4 Å². The van der Waals surface area contributed by atoms with Crippen LogP contribution in [0.5, 0.6) is 0 Å². The number of amides is 2. The molecule has 3 N–H and O–H groups in total. The molecule has 0 aromatic carbocycles. The summed E-state index contributed by atoms with van der Waals surface area (Å²) in [4.78, 5) is 26.3. The van der Waals surface area contributed by atoms with Gasteiger partial charge in [0.05, 0.1) is 12.2 Å². The largest absolute Gasteiger partial charge is 0.481 e. The van der Waals surface area contributed by atoms with Crippen molar-refractivity contribution in [1.29, 1.82) is 0 Å². The highest BCUT2D eigenvalue weighted by atomic mass is 16.4. The molecule has 0 bridgehead atoms. The van der Waals surface area contributed by atoms with Gasteiger partial charge in [-0.15, -0.1) is 0 Å². The molecule has 0 spiro atoms. The first-order valence-electron chi connectivity index (χ1n) is 6.25.